The lowest BCUT2D eigenvalue weighted by Crippen LogP contribution is -2.19. The van der Waals surface area contributed by atoms with Crippen molar-refractivity contribution in [2.24, 2.45) is 0 Å². The number of rotatable bonds is 4. The number of halogens is 3. The molecule has 0 fully saturated rings. The van der Waals surface area contributed by atoms with E-state index in [2.05, 4.69) is 20.3 Å². The van der Waals surface area contributed by atoms with Gasteiger partial charge in [-0.2, -0.15) is 18.2 Å². The van der Waals surface area contributed by atoms with Crippen LogP contribution in [0.5, 0.6) is 11.8 Å². The number of aromatic nitrogens is 3. The number of fused-ring (bicyclic) bond motifs is 1. The maximum Gasteiger partial charge on any atom is 0.416 e. The summed E-state index contributed by atoms with van der Waals surface area (Å²) in [6.07, 6.45) is -3.27. The average Bonchev–Trinajstić information content (AvgIpc) is 2.72. The molecule has 0 spiro atoms. The number of hydrogen-bond donors (Lipinski definition) is 3. The zero-order chi connectivity index (χ0) is 23.8. The van der Waals surface area contributed by atoms with Gasteiger partial charge < -0.3 is 20.8 Å². The number of pyridine rings is 1. The normalized spacial score (nSPS) is 11.4. The van der Waals surface area contributed by atoms with E-state index in [1.54, 1.807) is 0 Å². The fraction of sp³-hybridized carbons (Fsp3) is 0.0476. The molecular weight excluding hydrogens is 438 g/mol. The molecule has 4 N–H and O–H groups in total. The molecule has 0 atom stereocenters. The summed E-state index contributed by atoms with van der Waals surface area (Å²) < 4.78 is 44.6. The van der Waals surface area contributed by atoms with Gasteiger partial charge in [-0.25, -0.2) is 4.98 Å². The number of carbonyl (C=O) groups excluding carboxylic acids is 1. The van der Waals surface area contributed by atoms with E-state index in [1.807, 2.05) is 0 Å². The third-order valence-corrected chi connectivity index (χ3v) is 4.48. The van der Waals surface area contributed by atoms with Gasteiger partial charge in [0.2, 0.25) is 17.7 Å². The van der Waals surface area contributed by atoms with Gasteiger partial charge in [-0.05, 0) is 24.3 Å². The Morgan fingerprint density at radius 2 is 1.94 bits per heavy atom. The molecule has 4 rings (SSSR count). The highest BCUT2D eigenvalue weighted by molar-refractivity contribution is 6.32. The minimum absolute atomic E-state index is 0.0181. The van der Waals surface area contributed by atoms with Gasteiger partial charge >= 0.3 is 6.18 Å². The minimum atomic E-state index is -4.64. The SMILES string of the molecule is [B]c1cc(NC(=O)c2cccc3[nH]c(Oc4ccnc(N)n4)cc(=O)c23)cc(C(F)(F)F)c1. The monoisotopic (exact) mass is 451 g/mol. The average molecular weight is 451 g/mol. The Balaban J connectivity index is 1.68. The number of nitrogens with two attached hydrogens (primary N) is 1. The number of nitrogen functional groups attached to an aromatic ring is 1. The Bertz CT molecular complexity index is 1440. The van der Waals surface area contributed by atoms with Crippen LogP contribution in [0.2, 0.25) is 0 Å². The second-order valence-corrected chi connectivity index (χ2v) is 6.88. The van der Waals surface area contributed by atoms with E-state index < -0.39 is 23.1 Å². The van der Waals surface area contributed by atoms with Crippen LogP contribution in [0, 0.1) is 0 Å². The summed E-state index contributed by atoms with van der Waals surface area (Å²) in [4.78, 5) is 36.1. The molecule has 0 saturated carbocycles. The minimum Gasteiger partial charge on any atom is -0.422 e. The fourth-order valence-electron chi connectivity index (χ4n) is 3.14. The summed E-state index contributed by atoms with van der Waals surface area (Å²) in [5.41, 5.74) is 3.79. The molecule has 2 aromatic carbocycles. The smallest absolute Gasteiger partial charge is 0.416 e. The van der Waals surface area contributed by atoms with E-state index >= 15 is 0 Å². The second-order valence-electron chi connectivity index (χ2n) is 6.88. The molecule has 12 heteroatoms. The summed E-state index contributed by atoms with van der Waals surface area (Å²) in [7, 11) is 5.54. The number of benzene rings is 2. The topological polar surface area (TPSA) is 123 Å². The molecule has 2 aromatic heterocycles. The first kappa shape index (κ1) is 21.9. The Hall–Kier alpha value is -4.35. The summed E-state index contributed by atoms with van der Waals surface area (Å²) in [6.45, 7) is 0. The molecule has 4 aromatic rings. The standard InChI is InChI=1S/C21H13BF3N5O3/c22-11-6-10(21(23,24)25)7-12(8-11)28-19(32)13-2-1-3-14-18(13)15(31)9-17(29-14)33-16-4-5-27-20(26)30-16/h1-9H,(H,28,32)(H,29,31)(H2,26,27,30). The van der Waals surface area contributed by atoms with Crippen LogP contribution >= 0.6 is 0 Å². The van der Waals surface area contributed by atoms with Crippen molar-refractivity contribution in [2.75, 3.05) is 11.1 Å². The number of hydrogen-bond acceptors (Lipinski definition) is 6. The number of ether oxygens (including phenoxy) is 1. The van der Waals surface area contributed by atoms with Gasteiger partial charge in [0.15, 0.2) is 5.43 Å². The van der Waals surface area contributed by atoms with Crippen LogP contribution in [-0.4, -0.2) is 28.7 Å². The van der Waals surface area contributed by atoms with Crippen molar-refractivity contribution in [2.45, 2.75) is 6.18 Å². The maximum absolute atomic E-state index is 13.0. The van der Waals surface area contributed by atoms with Crippen molar-refractivity contribution >= 4 is 41.8 Å². The third kappa shape index (κ3) is 4.79. The largest absolute Gasteiger partial charge is 0.422 e. The van der Waals surface area contributed by atoms with Crippen LogP contribution < -0.4 is 26.7 Å². The van der Waals surface area contributed by atoms with Crippen molar-refractivity contribution in [3.05, 3.63) is 76.1 Å². The highest BCUT2D eigenvalue weighted by atomic mass is 19.4. The quantitative estimate of drug-likeness (QED) is 0.410. The number of anilines is 2. The Morgan fingerprint density at radius 1 is 1.15 bits per heavy atom. The van der Waals surface area contributed by atoms with Crippen LogP contribution in [0.25, 0.3) is 10.9 Å². The van der Waals surface area contributed by atoms with Gasteiger partial charge in [-0.15, -0.1) is 0 Å². The van der Waals surface area contributed by atoms with Crippen LogP contribution in [0.15, 0.2) is 59.5 Å². The van der Waals surface area contributed by atoms with Gasteiger partial charge in [0.05, 0.1) is 22.0 Å². The van der Waals surface area contributed by atoms with Crippen molar-refractivity contribution < 1.29 is 22.7 Å². The first-order valence-electron chi connectivity index (χ1n) is 9.32. The van der Waals surface area contributed by atoms with E-state index in [0.717, 1.165) is 18.2 Å². The van der Waals surface area contributed by atoms with Crippen molar-refractivity contribution in [3.8, 4) is 11.8 Å². The molecule has 2 radical (unpaired) electrons. The van der Waals surface area contributed by atoms with Crippen LogP contribution in [-0.2, 0) is 6.18 Å². The van der Waals surface area contributed by atoms with Crippen LogP contribution in [0.1, 0.15) is 15.9 Å². The molecule has 0 saturated heterocycles. The van der Waals surface area contributed by atoms with Gasteiger partial charge in [0.1, 0.15) is 7.85 Å². The van der Waals surface area contributed by atoms with Gasteiger partial charge in [-0.1, -0.05) is 17.6 Å². The molecule has 8 nitrogen and oxygen atoms in total. The Morgan fingerprint density at radius 3 is 2.67 bits per heavy atom. The first-order valence-corrected chi connectivity index (χ1v) is 9.32. The van der Waals surface area contributed by atoms with Crippen molar-refractivity contribution in [1.82, 2.24) is 15.0 Å². The lowest BCUT2D eigenvalue weighted by molar-refractivity contribution is -0.137. The zero-order valence-electron chi connectivity index (χ0n) is 16.6. The van der Waals surface area contributed by atoms with E-state index in [-0.39, 0.29) is 45.3 Å². The van der Waals surface area contributed by atoms with Gasteiger partial charge in [0, 0.05) is 24.0 Å². The number of nitrogens with zero attached hydrogens (tertiary/aromatic N) is 2. The summed E-state index contributed by atoms with van der Waals surface area (Å²) in [5, 5.41) is 2.38. The molecular formula is C21H13BF3N5O3. The molecule has 2 heterocycles. The van der Waals surface area contributed by atoms with Crippen molar-refractivity contribution in [3.63, 3.8) is 0 Å². The highest BCUT2D eigenvalue weighted by Gasteiger charge is 2.31. The molecule has 0 aliphatic rings. The second kappa shape index (κ2) is 8.30. The maximum atomic E-state index is 13.0. The van der Waals surface area contributed by atoms with E-state index in [0.29, 0.717) is 0 Å². The van der Waals surface area contributed by atoms with Crippen LogP contribution in [0.3, 0.4) is 0 Å². The molecule has 0 bridgehead atoms. The number of H-pyrrole nitrogens is 1. The number of amides is 1. The Kier molecular flexibility index (Phi) is 5.50. The molecule has 0 unspecified atom stereocenters. The highest BCUT2D eigenvalue weighted by Crippen LogP contribution is 2.30. The van der Waals surface area contributed by atoms with Gasteiger partial charge in [-0.3, -0.25) is 9.59 Å². The first-order chi connectivity index (χ1) is 15.6. The predicted molar refractivity (Wildman–Crippen MR) is 116 cm³/mol. The third-order valence-electron chi connectivity index (χ3n) is 4.48. The number of aromatic amines is 1. The van der Waals surface area contributed by atoms with E-state index in [9.17, 15) is 22.8 Å². The molecule has 0 aliphatic heterocycles. The number of nitrogens with one attached hydrogen (secondary N) is 2. The summed E-state index contributed by atoms with van der Waals surface area (Å²) in [5.74, 6) is -0.686. The van der Waals surface area contributed by atoms with Crippen molar-refractivity contribution in [1.29, 1.82) is 0 Å². The molecule has 33 heavy (non-hydrogen) atoms. The Labute approximate surface area is 185 Å². The number of alkyl halides is 3. The lowest BCUT2D eigenvalue weighted by Gasteiger charge is -2.13. The lowest BCUT2D eigenvalue weighted by atomic mass is 9.93. The predicted octanol–water partition coefficient (Wildman–Crippen LogP) is 2.76. The number of carbonyl (C=O) groups is 1. The summed E-state index contributed by atoms with van der Waals surface area (Å²) >= 11 is 0. The van der Waals surface area contributed by atoms with E-state index in [4.69, 9.17) is 18.3 Å². The fourth-order valence-corrected chi connectivity index (χ4v) is 3.14. The van der Waals surface area contributed by atoms with Gasteiger partial charge in [0.25, 0.3) is 5.91 Å². The molecule has 0 aliphatic carbocycles. The summed E-state index contributed by atoms with van der Waals surface area (Å²) in [6, 6.07) is 9.64. The van der Waals surface area contributed by atoms with Crippen LogP contribution in [0.4, 0.5) is 24.8 Å². The van der Waals surface area contributed by atoms with E-state index in [1.165, 1.54) is 36.5 Å². The molecule has 164 valence electrons. The zero-order valence-corrected chi connectivity index (χ0v) is 16.6. The molecule has 1 amide bonds.